The van der Waals surface area contributed by atoms with Gasteiger partial charge in [0.1, 0.15) is 0 Å². The van der Waals surface area contributed by atoms with E-state index < -0.39 is 0 Å². The highest BCUT2D eigenvalue weighted by Crippen LogP contribution is 2.40. The molecule has 0 amide bonds. The van der Waals surface area contributed by atoms with Crippen LogP contribution in [0, 0.1) is 11.3 Å². The molecule has 22 heavy (non-hydrogen) atoms. The summed E-state index contributed by atoms with van der Waals surface area (Å²) in [5.74, 6) is 0.806. The van der Waals surface area contributed by atoms with E-state index in [1.165, 1.54) is 38.8 Å². The summed E-state index contributed by atoms with van der Waals surface area (Å²) >= 11 is 0. The minimum Gasteiger partial charge on any atom is -0.381 e. The average Bonchev–Trinajstić information content (AvgIpc) is 2.56. The average molecular weight is 309 g/mol. The standard InChI is InChI=1S/C18H31NO3/c1-2-9-21-15-18-7-3-10-22-17(18)4-8-19(14-18)13-16-5-11-20-12-6-16/h2,16-17H,1,3-15H2/t17-,18+/m1/s1. The Labute approximate surface area is 134 Å². The summed E-state index contributed by atoms with van der Waals surface area (Å²) in [5.41, 5.74) is 0.199. The third-order valence-electron chi connectivity index (χ3n) is 5.55. The van der Waals surface area contributed by atoms with Crippen molar-refractivity contribution in [3.8, 4) is 0 Å². The van der Waals surface area contributed by atoms with E-state index in [4.69, 9.17) is 14.2 Å². The van der Waals surface area contributed by atoms with Crippen molar-refractivity contribution in [2.45, 2.75) is 38.2 Å². The summed E-state index contributed by atoms with van der Waals surface area (Å²) in [6.45, 7) is 11.6. The van der Waals surface area contributed by atoms with Crippen LogP contribution in [0.2, 0.25) is 0 Å². The molecule has 3 saturated heterocycles. The summed E-state index contributed by atoms with van der Waals surface area (Å²) in [7, 11) is 0. The highest BCUT2D eigenvalue weighted by atomic mass is 16.5. The molecule has 0 aromatic rings. The van der Waals surface area contributed by atoms with Gasteiger partial charge in [-0.25, -0.2) is 0 Å². The van der Waals surface area contributed by atoms with Gasteiger partial charge in [-0.3, -0.25) is 0 Å². The van der Waals surface area contributed by atoms with E-state index in [1.54, 1.807) is 0 Å². The van der Waals surface area contributed by atoms with Gasteiger partial charge in [0.15, 0.2) is 0 Å². The summed E-state index contributed by atoms with van der Waals surface area (Å²) in [5, 5.41) is 0. The lowest BCUT2D eigenvalue weighted by molar-refractivity contribution is -0.152. The van der Waals surface area contributed by atoms with E-state index in [9.17, 15) is 0 Å². The number of hydrogen-bond donors (Lipinski definition) is 0. The van der Waals surface area contributed by atoms with E-state index >= 15 is 0 Å². The quantitative estimate of drug-likeness (QED) is 0.557. The lowest BCUT2D eigenvalue weighted by atomic mass is 9.72. The predicted molar refractivity (Wildman–Crippen MR) is 87.0 cm³/mol. The third kappa shape index (κ3) is 3.91. The van der Waals surface area contributed by atoms with Crippen molar-refractivity contribution in [1.29, 1.82) is 0 Å². The Balaban J connectivity index is 1.59. The number of piperidine rings is 1. The van der Waals surface area contributed by atoms with Crippen LogP contribution in [0.25, 0.3) is 0 Å². The second-order valence-electron chi connectivity index (χ2n) is 7.21. The van der Waals surface area contributed by atoms with Gasteiger partial charge in [0, 0.05) is 44.9 Å². The van der Waals surface area contributed by atoms with Gasteiger partial charge in [0.2, 0.25) is 0 Å². The van der Waals surface area contributed by atoms with E-state index in [0.717, 1.165) is 45.3 Å². The largest absolute Gasteiger partial charge is 0.381 e. The van der Waals surface area contributed by atoms with Gasteiger partial charge in [-0.15, -0.1) is 6.58 Å². The number of likely N-dealkylation sites (tertiary alicyclic amines) is 1. The zero-order chi connectivity index (χ0) is 15.3. The number of fused-ring (bicyclic) bond motifs is 1. The lowest BCUT2D eigenvalue weighted by Gasteiger charge is -2.51. The first-order chi connectivity index (χ1) is 10.8. The topological polar surface area (TPSA) is 30.9 Å². The van der Waals surface area contributed by atoms with Gasteiger partial charge < -0.3 is 19.1 Å². The first-order valence-corrected chi connectivity index (χ1v) is 8.93. The molecule has 0 N–H and O–H groups in total. The Kier molecular flexibility index (Phi) is 5.91. The molecule has 126 valence electrons. The van der Waals surface area contributed by atoms with Crippen LogP contribution in [0.1, 0.15) is 32.1 Å². The third-order valence-corrected chi connectivity index (χ3v) is 5.55. The van der Waals surface area contributed by atoms with Crippen molar-refractivity contribution in [2.24, 2.45) is 11.3 Å². The maximum absolute atomic E-state index is 6.10. The lowest BCUT2D eigenvalue weighted by Crippen LogP contribution is -2.57. The van der Waals surface area contributed by atoms with Gasteiger partial charge in [-0.1, -0.05) is 6.08 Å². The monoisotopic (exact) mass is 309 g/mol. The Hall–Kier alpha value is -0.420. The fourth-order valence-corrected chi connectivity index (χ4v) is 4.39. The molecule has 0 radical (unpaired) electrons. The molecule has 3 rings (SSSR count). The van der Waals surface area contributed by atoms with E-state index in [-0.39, 0.29) is 5.41 Å². The van der Waals surface area contributed by atoms with E-state index in [0.29, 0.717) is 12.7 Å². The molecular weight excluding hydrogens is 278 g/mol. The Bertz CT molecular complexity index is 356. The molecule has 0 spiro atoms. The summed E-state index contributed by atoms with van der Waals surface area (Å²) in [6, 6.07) is 0. The second-order valence-corrected chi connectivity index (χ2v) is 7.21. The molecule has 0 bridgehead atoms. The predicted octanol–water partition coefficient (Wildman–Crippen LogP) is 2.49. The Morgan fingerprint density at radius 1 is 1.23 bits per heavy atom. The smallest absolute Gasteiger partial charge is 0.0677 e. The van der Waals surface area contributed by atoms with Gasteiger partial charge in [-0.2, -0.15) is 0 Å². The molecule has 3 aliphatic rings. The van der Waals surface area contributed by atoms with Crippen molar-refractivity contribution < 1.29 is 14.2 Å². The summed E-state index contributed by atoms with van der Waals surface area (Å²) in [4.78, 5) is 2.67. The van der Waals surface area contributed by atoms with Crippen molar-refractivity contribution >= 4 is 0 Å². The maximum Gasteiger partial charge on any atom is 0.0677 e. The molecule has 0 aliphatic carbocycles. The summed E-state index contributed by atoms with van der Waals surface area (Å²) < 4.78 is 17.5. The van der Waals surface area contributed by atoms with Gasteiger partial charge in [0.25, 0.3) is 0 Å². The normalized spacial score (nSPS) is 34.3. The molecule has 3 fully saturated rings. The molecule has 0 aromatic heterocycles. The summed E-state index contributed by atoms with van der Waals surface area (Å²) in [6.07, 6.45) is 8.22. The number of rotatable bonds is 6. The molecule has 0 saturated carbocycles. The molecule has 0 aromatic carbocycles. The maximum atomic E-state index is 6.10. The number of nitrogens with zero attached hydrogens (tertiary/aromatic N) is 1. The highest BCUT2D eigenvalue weighted by molar-refractivity contribution is 4.97. The molecule has 4 heteroatoms. The van der Waals surface area contributed by atoms with Gasteiger partial charge in [0.05, 0.1) is 19.3 Å². The van der Waals surface area contributed by atoms with Gasteiger partial charge in [-0.05, 0) is 38.0 Å². The zero-order valence-electron chi connectivity index (χ0n) is 13.8. The minimum atomic E-state index is 0.199. The molecule has 2 atom stereocenters. The van der Waals surface area contributed by atoms with Crippen LogP contribution in [0.4, 0.5) is 0 Å². The first-order valence-electron chi connectivity index (χ1n) is 8.93. The molecule has 3 heterocycles. The van der Waals surface area contributed by atoms with Crippen LogP contribution in [-0.2, 0) is 14.2 Å². The molecule has 4 nitrogen and oxygen atoms in total. The fraction of sp³-hybridized carbons (Fsp3) is 0.889. The molecule has 3 aliphatic heterocycles. The highest BCUT2D eigenvalue weighted by Gasteiger charge is 2.46. The van der Waals surface area contributed by atoms with Crippen molar-refractivity contribution in [1.82, 2.24) is 4.90 Å². The van der Waals surface area contributed by atoms with Gasteiger partial charge >= 0.3 is 0 Å². The van der Waals surface area contributed by atoms with Crippen molar-refractivity contribution in [3.63, 3.8) is 0 Å². The Morgan fingerprint density at radius 2 is 2.09 bits per heavy atom. The molecular formula is C18H31NO3. The fourth-order valence-electron chi connectivity index (χ4n) is 4.39. The zero-order valence-corrected chi connectivity index (χ0v) is 13.8. The SMILES string of the molecule is C=CCOC[C@@]12CCCO[C@@H]1CCN(CC1CCOCC1)C2. The van der Waals surface area contributed by atoms with Crippen LogP contribution in [0.5, 0.6) is 0 Å². The number of hydrogen-bond acceptors (Lipinski definition) is 4. The van der Waals surface area contributed by atoms with E-state index in [2.05, 4.69) is 11.5 Å². The van der Waals surface area contributed by atoms with Crippen LogP contribution in [-0.4, -0.2) is 63.7 Å². The van der Waals surface area contributed by atoms with Crippen LogP contribution in [0.15, 0.2) is 12.7 Å². The van der Waals surface area contributed by atoms with Crippen molar-refractivity contribution in [2.75, 3.05) is 52.7 Å². The van der Waals surface area contributed by atoms with Crippen LogP contribution in [0.3, 0.4) is 0 Å². The molecule has 0 unspecified atom stereocenters. The number of ether oxygens (including phenoxy) is 3. The van der Waals surface area contributed by atoms with Crippen LogP contribution < -0.4 is 0 Å². The first kappa shape index (κ1) is 16.4. The Morgan fingerprint density at radius 3 is 2.91 bits per heavy atom. The minimum absolute atomic E-state index is 0.199. The second kappa shape index (κ2) is 7.91. The van der Waals surface area contributed by atoms with Crippen molar-refractivity contribution in [3.05, 3.63) is 12.7 Å². The van der Waals surface area contributed by atoms with E-state index in [1.807, 2.05) is 6.08 Å². The van der Waals surface area contributed by atoms with Crippen LogP contribution >= 0.6 is 0 Å².